The molecule has 0 atom stereocenters. The van der Waals surface area contributed by atoms with Crippen LogP contribution in [0.25, 0.3) is 0 Å². The molecule has 0 N–H and O–H groups in total. The average Bonchev–Trinajstić information content (AvgIpc) is 2.78. The highest BCUT2D eigenvalue weighted by Crippen LogP contribution is 2.27. The van der Waals surface area contributed by atoms with Gasteiger partial charge in [0.2, 0.25) is 10.0 Å². The van der Waals surface area contributed by atoms with Gasteiger partial charge in [0.1, 0.15) is 5.75 Å². The van der Waals surface area contributed by atoms with Crippen LogP contribution in [0.15, 0.2) is 47.4 Å². The molecule has 1 aliphatic rings. The van der Waals surface area contributed by atoms with Crippen molar-refractivity contribution in [1.29, 1.82) is 0 Å². The van der Waals surface area contributed by atoms with Crippen molar-refractivity contribution in [2.24, 2.45) is 5.92 Å². The minimum absolute atomic E-state index is 0.0691. The first-order chi connectivity index (χ1) is 14.7. The molecule has 3 rings (SSSR count). The summed E-state index contributed by atoms with van der Waals surface area (Å²) in [4.78, 5) is 14.9. The van der Waals surface area contributed by atoms with Crippen molar-refractivity contribution in [2.45, 2.75) is 30.6 Å². The Kier molecular flexibility index (Phi) is 7.62. The Hall–Kier alpha value is -2.09. The number of carbonyl (C=O) groups is 1. The molecular formula is C23H29ClN2O4S. The van der Waals surface area contributed by atoms with Crippen molar-refractivity contribution < 1.29 is 17.9 Å². The Morgan fingerprint density at radius 2 is 1.77 bits per heavy atom. The molecule has 0 spiro atoms. The van der Waals surface area contributed by atoms with Gasteiger partial charge in [0, 0.05) is 27.2 Å². The van der Waals surface area contributed by atoms with Crippen LogP contribution in [0.1, 0.15) is 35.2 Å². The summed E-state index contributed by atoms with van der Waals surface area (Å²) < 4.78 is 31.1. The van der Waals surface area contributed by atoms with Gasteiger partial charge in [-0.15, -0.1) is 0 Å². The largest absolute Gasteiger partial charge is 0.497 e. The van der Waals surface area contributed by atoms with Crippen molar-refractivity contribution in [3.05, 3.63) is 58.6 Å². The molecule has 1 saturated heterocycles. The molecular weight excluding hydrogens is 436 g/mol. The lowest BCUT2D eigenvalue weighted by molar-refractivity contribution is 0.0687. The Morgan fingerprint density at radius 1 is 1.13 bits per heavy atom. The molecule has 6 nitrogen and oxygen atoms in total. The summed E-state index contributed by atoms with van der Waals surface area (Å²) >= 11 is 6.24. The SMILES string of the molecule is COc1ccc(CCC2CCN(C(=O)c3cc(S(=O)(=O)N(C)C)ccc3Cl)CC2)cc1. The first-order valence-electron chi connectivity index (χ1n) is 10.4. The second-order valence-electron chi connectivity index (χ2n) is 8.05. The lowest BCUT2D eigenvalue weighted by Gasteiger charge is -2.32. The molecule has 2 aromatic rings. The van der Waals surface area contributed by atoms with E-state index in [-0.39, 0.29) is 21.4 Å². The number of hydrogen-bond donors (Lipinski definition) is 0. The summed E-state index contributed by atoms with van der Waals surface area (Å²) in [6.45, 7) is 1.29. The Balaban J connectivity index is 1.60. The molecule has 0 aromatic heterocycles. The van der Waals surface area contributed by atoms with Gasteiger partial charge < -0.3 is 9.64 Å². The summed E-state index contributed by atoms with van der Waals surface area (Å²) in [6.07, 6.45) is 3.93. The lowest BCUT2D eigenvalue weighted by Crippen LogP contribution is -2.38. The number of benzene rings is 2. The topological polar surface area (TPSA) is 66.9 Å². The average molecular weight is 465 g/mol. The van der Waals surface area contributed by atoms with E-state index in [1.807, 2.05) is 12.1 Å². The zero-order valence-electron chi connectivity index (χ0n) is 18.2. The van der Waals surface area contributed by atoms with E-state index in [4.69, 9.17) is 16.3 Å². The third-order valence-corrected chi connectivity index (χ3v) is 7.99. The minimum atomic E-state index is -3.63. The third-order valence-electron chi connectivity index (χ3n) is 5.85. The number of carbonyl (C=O) groups excluding carboxylic acids is 1. The number of piperidine rings is 1. The first-order valence-corrected chi connectivity index (χ1v) is 12.2. The molecule has 1 fully saturated rings. The smallest absolute Gasteiger partial charge is 0.255 e. The van der Waals surface area contributed by atoms with Crippen LogP contribution in [0, 0.1) is 5.92 Å². The maximum atomic E-state index is 13.0. The molecule has 2 aromatic carbocycles. The van der Waals surface area contributed by atoms with Crippen LogP contribution in [0.3, 0.4) is 0 Å². The zero-order valence-corrected chi connectivity index (χ0v) is 19.7. The van der Waals surface area contributed by atoms with Gasteiger partial charge >= 0.3 is 0 Å². The number of ether oxygens (including phenoxy) is 1. The van der Waals surface area contributed by atoms with Gasteiger partial charge in [0.15, 0.2) is 0 Å². The molecule has 1 amide bonds. The fourth-order valence-corrected chi connectivity index (χ4v) is 4.92. The monoisotopic (exact) mass is 464 g/mol. The molecule has 31 heavy (non-hydrogen) atoms. The number of methoxy groups -OCH3 is 1. The predicted molar refractivity (Wildman–Crippen MR) is 122 cm³/mol. The fraction of sp³-hybridized carbons (Fsp3) is 0.435. The van der Waals surface area contributed by atoms with Crippen LogP contribution >= 0.6 is 11.6 Å². The summed E-state index contributed by atoms with van der Waals surface area (Å²) in [6, 6.07) is 12.4. The third kappa shape index (κ3) is 5.59. The quantitative estimate of drug-likeness (QED) is 0.619. The van der Waals surface area contributed by atoms with E-state index < -0.39 is 10.0 Å². The molecule has 168 valence electrons. The predicted octanol–water partition coefficient (Wildman–Crippen LogP) is 4.08. The van der Waals surface area contributed by atoms with Gasteiger partial charge in [0.05, 0.1) is 22.6 Å². The molecule has 0 saturated carbocycles. The highest BCUT2D eigenvalue weighted by Gasteiger charge is 2.27. The number of halogens is 1. The van der Waals surface area contributed by atoms with Crippen LogP contribution < -0.4 is 4.74 Å². The van der Waals surface area contributed by atoms with E-state index >= 15 is 0 Å². The van der Waals surface area contributed by atoms with E-state index in [1.54, 1.807) is 12.0 Å². The van der Waals surface area contributed by atoms with Crippen LogP contribution in [0.2, 0.25) is 5.02 Å². The van der Waals surface area contributed by atoms with Crippen molar-refractivity contribution in [3.8, 4) is 5.75 Å². The summed E-state index contributed by atoms with van der Waals surface area (Å²) in [5, 5.41) is 0.268. The fourth-order valence-electron chi connectivity index (χ4n) is 3.80. The van der Waals surface area contributed by atoms with Gasteiger partial charge in [0.25, 0.3) is 5.91 Å². The van der Waals surface area contributed by atoms with Crippen molar-refractivity contribution in [2.75, 3.05) is 34.3 Å². The summed E-state index contributed by atoms with van der Waals surface area (Å²) in [7, 11) is 0.951. The maximum absolute atomic E-state index is 13.0. The van der Waals surface area contributed by atoms with Gasteiger partial charge in [-0.05, 0) is 67.5 Å². The number of rotatable bonds is 7. The minimum Gasteiger partial charge on any atom is -0.497 e. The molecule has 0 aliphatic carbocycles. The van der Waals surface area contributed by atoms with Crippen LogP contribution in [0.4, 0.5) is 0 Å². The molecule has 1 aliphatic heterocycles. The number of likely N-dealkylation sites (tertiary alicyclic amines) is 1. The second kappa shape index (κ2) is 10.0. The lowest BCUT2D eigenvalue weighted by atomic mass is 9.90. The number of aryl methyl sites for hydroxylation is 1. The molecule has 0 radical (unpaired) electrons. The standard InChI is InChI=1S/C23H29ClN2O4S/c1-25(2)31(28,29)20-10-11-22(24)21(16-20)23(27)26-14-12-18(13-15-26)5-4-17-6-8-19(30-3)9-7-17/h6-11,16,18H,4-5,12-15H2,1-3H3. The Labute approximate surface area is 189 Å². The number of amides is 1. The van der Waals surface area contributed by atoms with E-state index in [2.05, 4.69) is 12.1 Å². The Bertz CT molecular complexity index is 1010. The van der Waals surface area contributed by atoms with Crippen molar-refractivity contribution in [3.63, 3.8) is 0 Å². The van der Waals surface area contributed by atoms with E-state index in [1.165, 1.54) is 37.9 Å². The number of sulfonamides is 1. The molecule has 0 bridgehead atoms. The zero-order chi connectivity index (χ0) is 22.6. The van der Waals surface area contributed by atoms with Crippen LogP contribution in [-0.4, -0.2) is 57.8 Å². The van der Waals surface area contributed by atoms with Gasteiger partial charge in [-0.1, -0.05) is 23.7 Å². The molecule has 1 heterocycles. The first kappa shape index (κ1) is 23.6. The van der Waals surface area contributed by atoms with E-state index in [0.717, 1.165) is 35.7 Å². The van der Waals surface area contributed by atoms with Crippen molar-refractivity contribution >= 4 is 27.5 Å². The maximum Gasteiger partial charge on any atom is 0.255 e. The van der Waals surface area contributed by atoms with Gasteiger partial charge in [-0.3, -0.25) is 4.79 Å². The molecule has 0 unspecified atom stereocenters. The van der Waals surface area contributed by atoms with Gasteiger partial charge in [-0.25, -0.2) is 12.7 Å². The van der Waals surface area contributed by atoms with Gasteiger partial charge in [-0.2, -0.15) is 0 Å². The van der Waals surface area contributed by atoms with E-state index in [9.17, 15) is 13.2 Å². The highest BCUT2D eigenvalue weighted by atomic mass is 35.5. The second-order valence-corrected chi connectivity index (χ2v) is 10.6. The highest BCUT2D eigenvalue weighted by molar-refractivity contribution is 7.89. The summed E-state index contributed by atoms with van der Waals surface area (Å²) in [5.74, 6) is 1.20. The van der Waals surface area contributed by atoms with Crippen LogP contribution in [-0.2, 0) is 16.4 Å². The summed E-state index contributed by atoms with van der Waals surface area (Å²) in [5.41, 5.74) is 1.52. The normalized spacial score (nSPS) is 15.3. The molecule has 8 heteroatoms. The Morgan fingerprint density at radius 3 is 2.35 bits per heavy atom. The number of hydrogen-bond acceptors (Lipinski definition) is 4. The van der Waals surface area contributed by atoms with Crippen molar-refractivity contribution in [1.82, 2.24) is 9.21 Å². The van der Waals surface area contributed by atoms with Crippen LogP contribution in [0.5, 0.6) is 5.75 Å². The van der Waals surface area contributed by atoms with E-state index in [0.29, 0.717) is 19.0 Å². The number of nitrogens with zero attached hydrogens (tertiary/aromatic N) is 2.